The Hall–Kier alpha value is -2.56. The van der Waals surface area contributed by atoms with Crippen molar-refractivity contribution in [1.29, 1.82) is 0 Å². The van der Waals surface area contributed by atoms with Gasteiger partial charge in [-0.25, -0.2) is 4.39 Å². The van der Waals surface area contributed by atoms with Gasteiger partial charge in [-0.2, -0.15) is 0 Å². The van der Waals surface area contributed by atoms with Crippen molar-refractivity contribution in [1.82, 2.24) is 0 Å². The maximum Gasteiger partial charge on any atom is 0.255 e. The maximum absolute atomic E-state index is 13.2. The summed E-state index contributed by atoms with van der Waals surface area (Å²) in [7, 11) is 1.44. The van der Waals surface area contributed by atoms with Crippen LogP contribution in [0.5, 0.6) is 5.75 Å². The number of anilines is 2. The van der Waals surface area contributed by atoms with Gasteiger partial charge in [0, 0.05) is 30.4 Å². The molecule has 2 rings (SSSR count). The Balaban J connectivity index is 2.13. The number of carbonyl (C=O) groups is 1. The molecule has 1 N–H and O–H groups in total. The minimum atomic E-state index is -0.412. The fourth-order valence-electron chi connectivity index (χ4n) is 2.53. The topological polar surface area (TPSA) is 41.6 Å². The Morgan fingerprint density at radius 2 is 1.88 bits per heavy atom. The van der Waals surface area contributed by atoms with Crippen LogP contribution in [0.3, 0.4) is 0 Å². The normalized spacial score (nSPS) is 10.3. The van der Waals surface area contributed by atoms with Crippen LogP contribution in [0, 0.1) is 5.82 Å². The number of amides is 1. The lowest BCUT2D eigenvalue weighted by Crippen LogP contribution is -2.23. The van der Waals surface area contributed by atoms with Crippen LogP contribution in [0.25, 0.3) is 0 Å². The van der Waals surface area contributed by atoms with E-state index < -0.39 is 5.82 Å². The highest BCUT2D eigenvalue weighted by molar-refractivity contribution is 6.05. The summed E-state index contributed by atoms with van der Waals surface area (Å²) in [5.41, 5.74) is 2.07. The van der Waals surface area contributed by atoms with E-state index in [1.54, 1.807) is 12.1 Å². The Labute approximate surface area is 142 Å². The van der Waals surface area contributed by atoms with Crippen LogP contribution in [-0.2, 0) is 0 Å². The molecule has 0 unspecified atom stereocenters. The van der Waals surface area contributed by atoms with E-state index in [1.165, 1.54) is 25.3 Å². The van der Waals surface area contributed by atoms with Crippen LogP contribution in [0.15, 0.2) is 42.5 Å². The number of ether oxygens (including phenoxy) is 1. The summed E-state index contributed by atoms with van der Waals surface area (Å²) in [4.78, 5) is 14.6. The highest BCUT2D eigenvalue weighted by atomic mass is 19.1. The summed E-state index contributed by atoms with van der Waals surface area (Å²) >= 11 is 0. The van der Waals surface area contributed by atoms with Crippen LogP contribution in [0.2, 0.25) is 0 Å². The second-order valence-electron chi connectivity index (χ2n) is 5.43. The van der Waals surface area contributed by atoms with E-state index in [9.17, 15) is 9.18 Å². The molecule has 0 aliphatic rings. The standard InChI is InChI=1S/C19H23FN2O2/c1-4-12-22(5-2)16-9-6-14(7-10-16)19(23)21-17-11-8-15(20)13-18(17)24-3/h6-11,13H,4-5,12H2,1-3H3,(H,21,23). The fourth-order valence-corrected chi connectivity index (χ4v) is 2.53. The zero-order valence-corrected chi connectivity index (χ0v) is 14.3. The molecule has 24 heavy (non-hydrogen) atoms. The lowest BCUT2D eigenvalue weighted by atomic mass is 10.1. The lowest BCUT2D eigenvalue weighted by molar-refractivity contribution is 0.102. The van der Waals surface area contributed by atoms with Crippen molar-refractivity contribution in [2.75, 3.05) is 30.4 Å². The molecule has 2 aromatic carbocycles. The van der Waals surface area contributed by atoms with Gasteiger partial charge in [-0.15, -0.1) is 0 Å². The van der Waals surface area contributed by atoms with E-state index >= 15 is 0 Å². The summed E-state index contributed by atoms with van der Waals surface area (Å²) in [5, 5.41) is 2.75. The third kappa shape index (κ3) is 4.25. The van der Waals surface area contributed by atoms with E-state index in [4.69, 9.17) is 4.74 Å². The zero-order chi connectivity index (χ0) is 17.5. The van der Waals surface area contributed by atoms with Crippen molar-refractivity contribution in [3.8, 4) is 5.75 Å². The molecule has 0 aliphatic heterocycles. The molecule has 0 aromatic heterocycles. The van der Waals surface area contributed by atoms with Crippen molar-refractivity contribution in [3.63, 3.8) is 0 Å². The molecule has 2 aromatic rings. The Morgan fingerprint density at radius 3 is 2.46 bits per heavy atom. The summed E-state index contributed by atoms with van der Waals surface area (Å²) < 4.78 is 18.3. The van der Waals surface area contributed by atoms with Crippen LogP contribution >= 0.6 is 0 Å². The SMILES string of the molecule is CCCN(CC)c1ccc(C(=O)Nc2ccc(F)cc2OC)cc1. The van der Waals surface area contributed by atoms with Gasteiger partial charge in [0.15, 0.2) is 0 Å². The van der Waals surface area contributed by atoms with Crippen LogP contribution in [0.4, 0.5) is 15.8 Å². The highest BCUT2D eigenvalue weighted by Crippen LogP contribution is 2.25. The number of rotatable bonds is 7. The lowest BCUT2D eigenvalue weighted by Gasteiger charge is -2.22. The Morgan fingerprint density at radius 1 is 1.17 bits per heavy atom. The zero-order valence-electron chi connectivity index (χ0n) is 14.3. The first kappa shape index (κ1) is 17.8. The molecular formula is C19H23FN2O2. The second-order valence-corrected chi connectivity index (χ2v) is 5.43. The van der Waals surface area contributed by atoms with Gasteiger partial charge >= 0.3 is 0 Å². The van der Waals surface area contributed by atoms with Crippen molar-refractivity contribution >= 4 is 17.3 Å². The van der Waals surface area contributed by atoms with Gasteiger partial charge in [0.25, 0.3) is 5.91 Å². The number of nitrogens with one attached hydrogen (secondary N) is 1. The molecule has 4 nitrogen and oxygen atoms in total. The predicted octanol–water partition coefficient (Wildman–Crippen LogP) is 4.32. The summed E-state index contributed by atoms with van der Waals surface area (Å²) in [5.74, 6) is -0.380. The second kappa shape index (κ2) is 8.34. The summed E-state index contributed by atoms with van der Waals surface area (Å²) in [6, 6.07) is 11.5. The van der Waals surface area contributed by atoms with E-state index in [-0.39, 0.29) is 5.91 Å². The molecule has 0 atom stereocenters. The highest BCUT2D eigenvalue weighted by Gasteiger charge is 2.11. The maximum atomic E-state index is 13.2. The number of methoxy groups -OCH3 is 1. The predicted molar refractivity (Wildman–Crippen MR) is 95.5 cm³/mol. The van der Waals surface area contributed by atoms with Crippen LogP contribution in [0.1, 0.15) is 30.6 Å². The molecular weight excluding hydrogens is 307 g/mol. The van der Waals surface area contributed by atoms with E-state index in [0.717, 1.165) is 25.2 Å². The molecule has 0 fully saturated rings. The molecule has 128 valence electrons. The molecule has 0 radical (unpaired) electrons. The van der Waals surface area contributed by atoms with Gasteiger partial charge in [0.05, 0.1) is 12.8 Å². The minimum Gasteiger partial charge on any atom is -0.494 e. The monoisotopic (exact) mass is 330 g/mol. The van der Waals surface area contributed by atoms with E-state index in [0.29, 0.717) is 17.0 Å². The Kier molecular flexibility index (Phi) is 6.18. The summed E-state index contributed by atoms with van der Waals surface area (Å²) in [6.45, 7) is 6.15. The third-order valence-corrected chi connectivity index (χ3v) is 3.78. The average Bonchev–Trinajstić information content (AvgIpc) is 2.61. The van der Waals surface area contributed by atoms with Crippen LogP contribution < -0.4 is 15.0 Å². The van der Waals surface area contributed by atoms with E-state index in [1.807, 2.05) is 12.1 Å². The first-order valence-corrected chi connectivity index (χ1v) is 8.09. The van der Waals surface area contributed by atoms with Gasteiger partial charge in [-0.1, -0.05) is 6.92 Å². The van der Waals surface area contributed by atoms with E-state index in [2.05, 4.69) is 24.1 Å². The number of carbonyl (C=O) groups excluding carboxylic acids is 1. The van der Waals surface area contributed by atoms with Gasteiger partial charge in [-0.3, -0.25) is 4.79 Å². The first-order valence-electron chi connectivity index (χ1n) is 8.09. The molecule has 5 heteroatoms. The van der Waals surface area contributed by atoms with Gasteiger partial charge in [-0.05, 0) is 49.7 Å². The quantitative estimate of drug-likeness (QED) is 0.822. The largest absolute Gasteiger partial charge is 0.494 e. The molecule has 0 bridgehead atoms. The fraction of sp³-hybridized carbons (Fsp3) is 0.316. The molecule has 0 aliphatic carbocycles. The number of nitrogens with zero attached hydrogens (tertiary/aromatic N) is 1. The molecule has 1 amide bonds. The van der Waals surface area contributed by atoms with Crippen molar-refractivity contribution < 1.29 is 13.9 Å². The van der Waals surface area contributed by atoms with Gasteiger partial charge in [0.2, 0.25) is 0 Å². The first-order chi connectivity index (χ1) is 11.6. The third-order valence-electron chi connectivity index (χ3n) is 3.78. The number of benzene rings is 2. The number of hydrogen-bond donors (Lipinski definition) is 1. The average molecular weight is 330 g/mol. The van der Waals surface area contributed by atoms with Crippen molar-refractivity contribution in [2.24, 2.45) is 0 Å². The molecule has 0 saturated carbocycles. The molecule has 0 saturated heterocycles. The summed E-state index contributed by atoms with van der Waals surface area (Å²) in [6.07, 6.45) is 1.07. The van der Waals surface area contributed by atoms with Gasteiger partial charge in [0.1, 0.15) is 11.6 Å². The minimum absolute atomic E-state index is 0.259. The molecule has 0 spiro atoms. The molecule has 0 heterocycles. The van der Waals surface area contributed by atoms with Gasteiger partial charge < -0.3 is 15.0 Å². The Bertz CT molecular complexity index is 686. The number of halogens is 1. The number of hydrogen-bond acceptors (Lipinski definition) is 3. The van der Waals surface area contributed by atoms with Crippen molar-refractivity contribution in [2.45, 2.75) is 20.3 Å². The van der Waals surface area contributed by atoms with Crippen molar-refractivity contribution in [3.05, 3.63) is 53.8 Å². The smallest absolute Gasteiger partial charge is 0.255 e. The van der Waals surface area contributed by atoms with Crippen LogP contribution in [-0.4, -0.2) is 26.1 Å².